The molecule has 1 rings (SSSR count). The third-order valence-electron chi connectivity index (χ3n) is 2.59. The van der Waals surface area contributed by atoms with Crippen molar-refractivity contribution >= 4 is 0 Å². The van der Waals surface area contributed by atoms with E-state index in [2.05, 4.69) is 23.8 Å². The molecule has 1 aromatic heterocycles. The van der Waals surface area contributed by atoms with Crippen LogP contribution < -0.4 is 0 Å². The van der Waals surface area contributed by atoms with E-state index in [1.807, 2.05) is 6.92 Å². The molecule has 2 nitrogen and oxygen atoms in total. The molecule has 0 aliphatic rings. The highest BCUT2D eigenvalue weighted by molar-refractivity contribution is 4.80. The van der Waals surface area contributed by atoms with Crippen LogP contribution in [0.3, 0.4) is 0 Å². The molecule has 0 aromatic carbocycles. The van der Waals surface area contributed by atoms with Crippen molar-refractivity contribution in [2.45, 2.75) is 72.1 Å². The second-order valence-electron chi connectivity index (χ2n) is 4.30. The van der Waals surface area contributed by atoms with Crippen LogP contribution in [-0.4, -0.2) is 9.97 Å². The van der Waals surface area contributed by atoms with Gasteiger partial charge in [-0.05, 0) is 6.92 Å². The first-order chi connectivity index (χ1) is 7.81. The highest BCUT2D eigenvalue weighted by atomic mass is 14.9. The first kappa shape index (κ1) is 15.2. The van der Waals surface area contributed by atoms with Gasteiger partial charge in [-0.2, -0.15) is 0 Å². The fourth-order valence-electron chi connectivity index (χ4n) is 1.55. The van der Waals surface area contributed by atoms with Crippen molar-refractivity contribution < 1.29 is 0 Å². The van der Waals surface area contributed by atoms with Crippen LogP contribution in [0.5, 0.6) is 0 Å². The molecule has 0 spiro atoms. The van der Waals surface area contributed by atoms with Gasteiger partial charge in [0.1, 0.15) is 5.82 Å². The Bertz CT molecular complexity index is 197. The number of H-pyrrole nitrogens is 1. The Morgan fingerprint density at radius 1 is 0.938 bits per heavy atom. The number of aromatic nitrogens is 2. The van der Waals surface area contributed by atoms with Gasteiger partial charge in [-0.3, -0.25) is 0 Å². The minimum absolute atomic E-state index is 0.968. The van der Waals surface area contributed by atoms with Crippen LogP contribution in [0.15, 0.2) is 12.4 Å². The molecule has 1 heterocycles. The summed E-state index contributed by atoms with van der Waals surface area (Å²) in [5.41, 5.74) is 0. The molecule has 1 aromatic rings. The smallest absolute Gasteiger partial charge is 0.102 e. The Morgan fingerprint density at radius 2 is 1.44 bits per heavy atom. The Kier molecular flexibility index (Phi) is 11.7. The normalized spacial score (nSPS) is 9.69. The zero-order valence-electron chi connectivity index (χ0n) is 11.3. The fraction of sp³-hybridized carbons (Fsp3) is 0.786. The molecule has 2 heteroatoms. The van der Waals surface area contributed by atoms with Crippen molar-refractivity contribution in [2.24, 2.45) is 0 Å². The lowest BCUT2D eigenvalue weighted by molar-refractivity contribution is 0.585. The lowest BCUT2D eigenvalue weighted by Gasteiger charge is -1.97. The molecule has 1 N–H and O–H groups in total. The number of nitrogens with zero attached hydrogens (tertiary/aromatic N) is 1. The molecular formula is C14H28N2. The quantitative estimate of drug-likeness (QED) is 0.658. The highest BCUT2D eigenvalue weighted by Crippen LogP contribution is 2.07. The second kappa shape index (κ2) is 12.3. The monoisotopic (exact) mass is 224 g/mol. The predicted octanol–water partition coefficient (Wildman–Crippen LogP) is 4.87. The van der Waals surface area contributed by atoms with E-state index in [1.54, 1.807) is 12.4 Å². The zero-order valence-corrected chi connectivity index (χ0v) is 11.3. The van der Waals surface area contributed by atoms with Gasteiger partial charge in [0.05, 0.1) is 0 Å². The van der Waals surface area contributed by atoms with Gasteiger partial charge in [-0.15, -0.1) is 0 Å². The maximum Gasteiger partial charge on any atom is 0.102 e. The summed E-state index contributed by atoms with van der Waals surface area (Å²) in [5.74, 6) is 0.968. The van der Waals surface area contributed by atoms with E-state index in [-0.39, 0.29) is 0 Å². The molecule has 0 unspecified atom stereocenters. The molecule has 94 valence electrons. The fourth-order valence-corrected chi connectivity index (χ4v) is 1.55. The number of aryl methyl sites for hydroxylation is 1. The van der Waals surface area contributed by atoms with Crippen LogP contribution in [-0.2, 0) is 0 Å². The summed E-state index contributed by atoms with van der Waals surface area (Å²) in [7, 11) is 0. The summed E-state index contributed by atoms with van der Waals surface area (Å²) in [6, 6.07) is 0. The van der Waals surface area contributed by atoms with Crippen molar-refractivity contribution in [1.82, 2.24) is 9.97 Å². The highest BCUT2D eigenvalue weighted by Gasteiger charge is 1.87. The van der Waals surface area contributed by atoms with Crippen molar-refractivity contribution in [1.29, 1.82) is 0 Å². The molecule has 0 fully saturated rings. The van der Waals surface area contributed by atoms with E-state index in [1.165, 1.54) is 51.4 Å². The van der Waals surface area contributed by atoms with Crippen molar-refractivity contribution in [3.05, 3.63) is 18.2 Å². The van der Waals surface area contributed by atoms with Gasteiger partial charge in [0.25, 0.3) is 0 Å². The van der Waals surface area contributed by atoms with Gasteiger partial charge in [0.15, 0.2) is 0 Å². The predicted molar refractivity (Wildman–Crippen MR) is 71.6 cm³/mol. The van der Waals surface area contributed by atoms with Gasteiger partial charge >= 0.3 is 0 Å². The first-order valence-corrected chi connectivity index (χ1v) is 6.77. The molecule has 0 amide bonds. The largest absolute Gasteiger partial charge is 0.349 e. The lowest BCUT2D eigenvalue weighted by Crippen LogP contribution is -1.77. The number of hydrogen-bond donors (Lipinski definition) is 1. The third-order valence-corrected chi connectivity index (χ3v) is 2.59. The standard InChI is InChI=1S/C10H22.C4H6N2/c1-3-5-7-9-10-8-6-4-2;1-4-5-2-3-6-4/h3-10H2,1-2H3;2-3H,1H3,(H,5,6). The maximum atomic E-state index is 3.86. The lowest BCUT2D eigenvalue weighted by atomic mass is 10.1. The summed E-state index contributed by atoms with van der Waals surface area (Å²) >= 11 is 0. The SMILES string of the molecule is CCCCCCCCCC.Cc1ncc[nH]1. The van der Waals surface area contributed by atoms with E-state index in [4.69, 9.17) is 0 Å². The second-order valence-corrected chi connectivity index (χ2v) is 4.30. The van der Waals surface area contributed by atoms with E-state index in [0.717, 1.165) is 5.82 Å². The number of rotatable bonds is 7. The molecule has 0 aliphatic heterocycles. The Morgan fingerprint density at radius 3 is 1.69 bits per heavy atom. The molecule has 0 aliphatic carbocycles. The topological polar surface area (TPSA) is 28.7 Å². The molecule has 0 saturated heterocycles. The molecule has 0 saturated carbocycles. The Hall–Kier alpha value is -0.790. The van der Waals surface area contributed by atoms with Gasteiger partial charge < -0.3 is 4.98 Å². The number of aromatic amines is 1. The minimum atomic E-state index is 0.968. The third kappa shape index (κ3) is 11.3. The van der Waals surface area contributed by atoms with E-state index in [9.17, 15) is 0 Å². The van der Waals surface area contributed by atoms with Crippen LogP contribution in [0.25, 0.3) is 0 Å². The number of hydrogen-bond acceptors (Lipinski definition) is 1. The average molecular weight is 224 g/mol. The van der Waals surface area contributed by atoms with E-state index in [0.29, 0.717) is 0 Å². The van der Waals surface area contributed by atoms with Crippen LogP contribution in [0.1, 0.15) is 71.0 Å². The zero-order chi connectivity index (χ0) is 12.1. The van der Waals surface area contributed by atoms with Gasteiger partial charge in [-0.25, -0.2) is 4.98 Å². The van der Waals surface area contributed by atoms with Gasteiger partial charge in [0.2, 0.25) is 0 Å². The molecule has 0 bridgehead atoms. The number of unbranched alkanes of at least 4 members (excludes halogenated alkanes) is 7. The maximum absolute atomic E-state index is 3.86. The summed E-state index contributed by atoms with van der Waals surface area (Å²) < 4.78 is 0. The van der Waals surface area contributed by atoms with Crippen molar-refractivity contribution in [3.63, 3.8) is 0 Å². The van der Waals surface area contributed by atoms with Crippen LogP contribution >= 0.6 is 0 Å². The van der Waals surface area contributed by atoms with E-state index < -0.39 is 0 Å². The Labute approximate surface area is 101 Å². The van der Waals surface area contributed by atoms with E-state index >= 15 is 0 Å². The first-order valence-electron chi connectivity index (χ1n) is 6.77. The summed E-state index contributed by atoms with van der Waals surface area (Å²) in [6.45, 7) is 6.46. The minimum Gasteiger partial charge on any atom is -0.349 e. The van der Waals surface area contributed by atoms with Crippen molar-refractivity contribution in [2.75, 3.05) is 0 Å². The van der Waals surface area contributed by atoms with Crippen LogP contribution in [0.4, 0.5) is 0 Å². The van der Waals surface area contributed by atoms with Crippen LogP contribution in [0, 0.1) is 6.92 Å². The average Bonchev–Trinajstić information content (AvgIpc) is 2.75. The summed E-state index contributed by atoms with van der Waals surface area (Å²) in [4.78, 5) is 6.75. The van der Waals surface area contributed by atoms with Crippen LogP contribution in [0.2, 0.25) is 0 Å². The van der Waals surface area contributed by atoms with Gasteiger partial charge in [-0.1, -0.05) is 65.2 Å². The molecular weight excluding hydrogens is 196 g/mol. The summed E-state index contributed by atoms with van der Waals surface area (Å²) in [5, 5.41) is 0. The number of nitrogens with one attached hydrogen (secondary N) is 1. The number of imidazole rings is 1. The molecule has 0 radical (unpaired) electrons. The Balaban J connectivity index is 0.000000315. The van der Waals surface area contributed by atoms with Gasteiger partial charge in [0, 0.05) is 12.4 Å². The van der Waals surface area contributed by atoms with Crippen molar-refractivity contribution in [3.8, 4) is 0 Å². The molecule has 16 heavy (non-hydrogen) atoms. The molecule has 0 atom stereocenters. The summed E-state index contributed by atoms with van der Waals surface area (Å²) in [6.07, 6.45) is 15.0.